The van der Waals surface area contributed by atoms with E-state index in [1.165, 1.54) is 16.7 Å². The Kier molecular flexibility index (Phi) is 6.04. The Morgan fingerprint density at radius 3 is 2.29 bits per heavy atom. The lowest BCUT2D eigenvalue weighted by molar-refractivity contribution is -0.142. The Morgan fingerprint density at radius 2 is 1.71 bits per heavy atom. The highest BCUT2D eigenvalue weighted by atomic mass is 32.2. The van der Waals surface area contributed by atoms with Crippen LogP contribution >= 0.6 is 11.8 Å². The molecular formula is C11H17NO4S. The lowest BCUT2D eigenvalue weighted by Gasteiger charge is -2.24. The minimum absolute atomic E-state index is 0.100. The van der Waals surface area contributed by atoms with E-state index in [9.17, 15) is 14.4 Å². The van der Waals surface area contributed by atoms with Crippen molar-refractivity contribution < 1.29 is 19.5 Å². The average molecular weight is 259 g/mol. The Balaban J connectivity index is 2.11. The molecule has 1 aliphatic rings. The van der Waals surface area contributed by atoms with Gasteiger partial charge < -0.3 is 5.11 Å². The van der Waals surface area contributed by atoms with Crippen LogP contribution in [0.25, 0.3) is 0 Å². The van der Waals surface area contributed by atoms with Crippen molar-refractivity contribution in [3.8, 4) is 0 Å². The zero-order chi connectivity index (χ0) is 12.7. The maximum atomic E-state index is 11.4. The van der Waals surface area contributed by atoms with Crippen LogP contribution in [-0.2, 0) is 14.4 Å². The van der Waals surface area contributed by atoms with Crippen molar-refractivity contribution >= 4 is 29.5 Å². The molecule has 0 saturated carbocycles. The topological polar surface area (TPSA) is 74.7 Å². The van der Waals surface area contributed by atoms with Gasteiger partial charge in [-0.3, -0.25) is 19.3 Å². The third-order valence-corrected chi connectivity index (χ3v) is 3.48. The van der Waals surface area contributed by atoms with Crippen molar-refractivity contribution in [3.05, 3.63) is 0 Å². The van der Waals surface area contributed by atoms with Gasteiger partial charge in [-0.25, -0.2) is 0 Å². The molecule has 2 amide bonds. The van der Waals surface area contributed by atoms with Gasteiger partial charge in [-0.2, -0.15) is 0 Å². The van der Waals surface area contributed by atoms with Crippen molar-refractivity contribution in [1.29, 1.82) is 0 Å². The van der Waals surface area contributed by atoms with E-state index >= 15 is 0 Å². The summed E-state index contributed by atoms with van der Waals surface area (Å²) in [6, 6.07) is 0. The Labute approximate surface area is 105 Å². The molecule has 0 aromatic heterocycles. The minimum atomic E-state index is -0.775. The van der Waals surface area contributed by atoms with E-state index in [1.54, 1.807) is 0 Å². The van der Waals surface area contributed by atoms with E-state index in [-0.39, 0.29) is 18.2 Å². The molecule has 0 aromatic rings. The molecule has 1 aliphatic heterocycles. The maximum absolute atomic E-state index is 11.4. The molecule has 0 aromatic carbocycles. The number of unbranched alkanes of at least 4 members (excludes halogenated alkanes) is 3. The fourth-order valence-corrected chi connectivity index (χ4v) is 2.43. The van der Waals surface area contributed by atoms with E-state index in [4.69, 9.17) is 5.11 Å². The van der Waals surface area contributed by atoms with Crippen LogP contribution in [0.2, 0.25) is 0 Å². The molecule has 1 saturated heterocycles. The Morgan fingerprint density at radius 1 is 1.12 bits per heavy atom. The van der Waals surface area contributed by atoms with Crippen LogP contribution in [0, 0.1) is 0 Å². The van der Waals surface area contributed by atoms with E-state index in [0.717, 1.165) is 19.3 Å². The van der Waals surface area contributed by atoms with Gasteiger partial charge in [0.2, 0.25) is 11.8 Å². The molecular weight excluding hydrogens is 242 g/mol. The van der Waals surface area contributed by atoms with Crippen LogP contribution in [0.3, 0.4) is 0 Å². The zero-order valence-corrected chi connectivity index (χ0v) is 10.5. The molecule has 5 nitrogen and oxygen atoms in total. The lowest BCUT2D eigenvalue weighted by Crippen LogP contribution is -2.43. The molecule has 1 rings (SSSR count). The van der Waals surface area contributed by atoms with E-state index in [0.29, 0.717) is 24.5 Å². The summed E-state index contributed by atoms with van der Waals surface area (Å²) < 4.78 is 0. The number of carbonyl (C=O) groups excluding carboxylic acids is 2. The van der Waals surface area contributed by atoms with Gasteiger partial charge >= 0.3 is 5.97 Å². The van der Waals surface area contributed by atoms with Crippen LogP contribution in [0.15, 0.2) is 0 Å². The molecule has 0 spiro atoms. The van der Waals surface area contributed by atoms with Gasteiger partial charge in [-0.05, 0) is 12.8 Å². The van der Waals surface area contributed by atoms with Crippen molar-refractivity contribution in [3.63, 3.8) is 0 Å². The first-order valence-corrected chi connectivity index (χ1v) is 6.89. The normalized spacial score (nSPS) is 16.4. The second kappa shape index (κ2) is 7.32. The molecule has 0 atom stereocenters. The average Bonchev–Trinajstić information content (AvgIpc) is 2.26. The number of imide groups is 1. The summed E-state index contributed by atoms with van der Waals surface area (Å²) in [5, 5.41) is 8.44. The fraction of sp³-hybridized carbons (Fsp3) is 0.727. The largest absolute Gasteiger partial charge is 0.481 e. The van der Waals surface area contributed by atoms with Crippen molar-refractivity contribution in [2.45, 2.75) is 32.1 Å². The molecule has 0 radical (unpaired) electrons. The number of hydrogen-bond donors (Lipinski definition) is 1. The van der Waals surface area contributed by atoms with Gasteiger partial charge in [0.05, 0.1) is 11.5 Å². The van der Waals surface area contributed by atoms with Crippen molar-refractivity contribution in [2.75, 3.05) is 18.1 Å². The predicted molar refractivity (Wildman–Crippen MR) is 64.8 cm³/mol. The SMILES string of the molecule is O=C(O)CCCCCCN1C(=O)CSCC1=O. The number of rotatable bonds is 7. The smallest absolute Gasteiger partial charge is 0.303 e. The number of carbonyl (C=O) groups is 3. The van der Waals surface area contributed by atoms with Gasteiger partial charge in [-0.15, -0.1) is 11.8 Å². The third-order valence-electron chi connectivity index (χ3n) is 2.58. The van der Waals surface area contributed by atoms with Gasteiger partial charge in [0.15, 0.2) is 0 Å². The molecule has 0 aliphatic carbocycles. The molecule has 1 fully saturated rings. The molecule has 17 heavy (non-hydrogen) atoms. The zero-order valence-electron chi connectivity index (χ0n) is 9.68. The number of thioether (sulfide) groups is 1. The first-order valence-electron chi connectivity index (χ1n) is 5.74. The second-order valence-electron chi connectivity index (χ2n) is 3.99. The van der Waals surface area contributed by atoms with Crippen LogP contribution in [-0.4, -0.2) is 45.8 Å². The number of amides is 2. The first-order chi connectivity index (χ1) is 8.11. The molecule has 0 unspecified atom stereocenters. The Hall–Kier alpha value is -1.04. The highest BCUT2D eigenvalue weighted by Crippen LogP contribution is 2.13. The molecule has 6 heteroatoms. The monoisotopic (exact) mass is 259 g/mol. The standard InChI is InChI=1S/C11H17NO4S/c13-9-7-17-8-10(14)12(9)6-4-2-1-3-5-11(15)16/h1-8H2,(H,15,16). The van der Waals surface area contributed by atoms with Gasteiger partial charge in [0.25, 0.3) is 0 Å². The molecule has 1 N–H and O–H groups in total. The van der Waals surface area contributed by atoms with Gasteiger partial charge in [0.1, 0.15) is 0 Å². The summed E-state index contributed by atoms with van der Waals surface area (Å²) in [6.45, 7) is 0.477. The maximum Gasteiger partial charge on any atom is 0.303 e. The first kappa shape index (κ1) is 14.0. The van der Waals surface area contributed by atoms with E-state index in [2.05, 4.69) is 0 Å². The van der Waals surface area contributed by atoms with Crippen molar-refractivity contribution in [1.82, 2.24) is 4.90 Å². The highest BCUT2D eigenvalue weighted by molar-refractivity contribution is 8.00. The summed E-state index contributed by atoms with van der Waals surface area (Å²) in [5.41, 5.74) is 0. The van der Waals surface area contributed by atoms with Crippen molar-refractivity contribution in [2.24, 2.45) is 0 Å². The van der Waals surface area contributed by atoms with Crippen LogP contribution in [0.1, 0.15) is 32.1 Å². The van der Waals surface area contributed by atoms with Crippen LogP contribution < -0.4 is 0 Å². The van der Waals surface area contributed by atoms with Crippen LogP contribution in [0.5, 0.6) is 0 Å². The summed E-state index contributed by atoms with van der Waals surface area (Å²) in [6.07, 6.45) is 3.31. The number of hydrogen-bond acceptors (Lipinski definition) is 4. The molecule has 1 heterocycles. The number of aliphatic carboxylic acids is 1. The van der Waals surface area contributed by atoms with Crippen LogP contribution in [0.4, 0.5) is 0 Å². The second-order valence-corrected chi connectivity index (χ2v) is 4.98. The third kappa shape index (κ3) is 5.21. The summed E-state index contributed by atoms with van der Waals surface area (Å²) >= 11 is 1.36. The number of nitrogens with zero attached hydrogens (tertiary/aromatic N) is 1. The Bertz CT molecular complexity index is 290. The lowest BCUT2D eigenvalue weighted by atomic mass is 10.1. The number of carboxylic acid groups (broad SMARTS) is 1. The number of carboxylic acids is 1. The highest BCUT2D eigenvalue weighted by Gasteiger charge is 2.25. The quantitative estimate of drug-likeness (QED) is 0.548. The van der Waals surface area contributed by atoms with E-state index in [1.807, 2.05) is 0 Å². The summed E-state index contributed by atoms with van der Waals surface area (Å²) in [5.74, 6) is -0.188. The minimum Gasteiger partial charge on any atom is -0.481 e. The summed E-state index contributed by atoms with van der Waals surface area (Å²) in [7, 11) is 0. The molecule has 0 bridgehead atoms. The summed E-state index contributed by atoms with van der Waals surface area (Å²) in [4.78, 5) is 34.4. The molecule has 96 valence electrons. The van der Waals surface area contributed by atoms with E-state index < -0.39 is 5.97 Å². The van der Waals surface area contributed by atoms with Gasteiger partial charge in [0, 0.05) is 13.0 Å². The predicted octanol–water partition coefficient (Wildman–Crippen LogP) is 1.12. The fourth-order valence-electron chi connectivity index (χ4n) is 1.67. The van der Waals surface area contributed by atoms with Gasteiger partial charge in [-0.1, -0.05) is 12.8 Å².